The van der Waals surface area contributed by atoms with Crippen molar-refractivity contribution in [1.29, 1.82) is 0 Å². The number of hydrogen-bond donors (Lipinski definition) is 1. The van der Waals surface area contributed by atoms with Crippen molar-refractivity contribution in [1.82, 2.24) is 9.88 Å². The van der Waals surface area contributed by atoms with Gasteiger partial charge >= 0.3 is 5.97 Å². The second-order valence-corrected chi connectivity index (χ2v) is 9.44. The molecule has 1 aromatic heterocycles. The maximum absolute atomic E-state index is 13.3. The van der Waals surface area contributed by atoms with Gasteiger partial charge in [0.25, 0.3) is 5.91 Å². The van der Waals surface area contributed by atoms with Crippen molar-refractivity contribution in [2.75, 3.05) is 26.4 Å². The van der Waals surface area contributed by atoms with Crippen LogP contribution in [0.5, 0.6) is 5.88 Å². The first-order valence-electron chi connectivity index (χ1n) is 12.4. The second-order valence-electron chi connectivity index (χ2n) is 9.44. The maximum Gasteiger partial charge on any atom is 0.304 e. The fourth-order valence-electron chi connectivity index (χ4n) is 5.03. The molecule has 5 aliphatic heterocycles. The van der Waals surface area contributed by atoms with E-state index in [0.29, 0.717) is 44.4 Å². The molecule has 2 aromatic carbocycles. The monoisotopic (exact) mass is 486 g/mol. The van der Waals surface area contributed by atoms with Gasteiger partial charge in [0.2, 0.25) is 5.88 Å². The molecule has 5 aliphatic rings. The Labute approximate surface area is 210 Å². The van der Waals surface area contributed by atoms with E-state index in [1.807, 2.05) is 48.2 Å². The number of rotatable bonds is 2. The molecule has 1 amide bonds. The molecule has 3 aromatic rings. The van der Waals surface area contributed by atoms with E-state index in [1.54, 1.807) is 6.20 Å². The largest absolute Gasteiger partial charge is 0.481 e. The first-order chi connectivity index (χ1) is 17.5. The Hall–Kier alpha value is -3.71. The highest BCUT2D eigenvalue weighted by atomic mass is 16.5. The zero-order valence-corrected chi connectivity index (χ0v) is 20.4. The van der Waals surface area contributed by atoms with Gasteiger partial charge < -0.3 is 19.5 Å². The summed E-state index contributed by atoms with van der Waals surface area (Å²) in [6, 6.07) is 15.7. The van der Waals surface area contributed by atoms with E-state index in [9.17, 15) is 14.7 Å². The molecule has 186 valence electrons. The van der Waals surface area contributed by atoms with Crippen LogP contribution in [0.4, 0.5) is 0 Å². The number of benzene rings is 2. The number of aliphatic carboxylic acids is 1. The maximum atomic E-state index is 13.3. The minimum Gasteiger partial charge on any atom is -0.481 e. The zero-order valence-electron chi connectivity index (χ0n) is 20.4. The summed E-state index contributed by atoms with van der Waals surface area (Å²) < 4.78 is 11.5. The van der Waals surface area contributed by atoms with Gasteiger partial charge in [-0.3, -0.25) is 9.59 Å². The van der Waals surface area contributed by atoms with Crippen LogP contribution in [0.1, 0.15) is 56.1 Å². The van der Waals surface area contributed by atoms with Gasteiger partial charge in [0.05, 0.1) is 19.6 Å². The molecule has 6 heterocycles. The number of amides is 1. The van der Waals surface area contributed by atoms with Crippen LogP contribution >= 0.6 is 0 Å². The summed E-state index contributed by atoms with van der Waals surface area (Å²) in [5.41, 5.74) is 6.74. The normalized spacial score (nSPS) is 18.1. The summed E-state index contributed by atoms with van der Waals surface area (Å²) in [5.74, 6) is -0.726. The third-order valence-corrected chi connectivity index (χ3v) is 7.03. The van der Waals surface area contributed by atoms with E-state index < -0.39 is 5.97 Å². The highest BCUT2D eigenvalue weighted by Gasteiger charge is 2.25. The molecule has 0 radical (unpaired) electrons. The number of carboxylic acids is 1. The average molecular weight is 487 g/mol. The highest BCUT2D eigenvalue weighted by Crippen LogP contribution is 2.34. The first-order valence-corrected chi connectivity index (χ1v) is 12.4. The smallest absolute Gasteiger partial charge is 0.304 e. The van der Waals surface area contributed by atoms with E-state index in [-0.39, 0.29) is 18.2 Å². The standard InChI is InChI=1S/C29H30N2O5/c1-19-14-27-30-17-26(19)25(16-28(32)33)23-7-6-21-8-10-31(18-24(21)15-23)29(34)22-4-2-20(3-5-22)9-11-35-12-13-36-27/h2-7,14-15,17,25H,8-13,16,18H2,1H3,(H,32,33)/t25-/m0/s1. The molecule has 0 saturated heterocycles. The lowest BCUT2D eigenvalue weighted by Gasteiger charge is -2.30. The van der Waals surface area contributed by atoms with Gasteiger partial charge in [-0.25, -0.2) is 4.98 Å². The molecule has 7 nitrogen and oxygen atoms in total. The Morgan fingerprint density at radius 1 is 1.06 bits per heavy atom. The number of carbonyl (C=O) groups is 2. The van der Waals surface area contributed by atoms with Gasteiger partial charge in [-0.1, -0.05) is 30.3 Å². The van der Waals surface area contributed by atoms with Crippen molar-refractivity contribution < 1.29 is 24.2 Å². The highest BCUT2D eigenvalue weighted by molar-refractivity contribution is 5.94. The fraction of sp³-hybridized carbons (Fsp3) is 0.345. The number of ether oxygens (including phenoxy) is 2. The number of aryl methyl sites for hydroxylation is 1. The predicted molar refractivity (Wildman–Crippen MR) is 134 cm³/mol. The topological polar surface area (TPSA) is 89.0 Å². The lowest BCUT2D eigenvalue weighted by Crippen LogP contribution is -2.36. The number of hydrogen-bond acceptors (Lipinski definition) is 5. The molecule has 7 heteroatoms. The molecule has 0 aliphatic carbocycles. The van der Waals surface area contributed by atoms with Gasteiger partial charge in [-0.15, -0.1) is 0 Å². The zero-order chi connectivity index (χ0) is 25.1. The minimum atomic E-state index is -0.875. The number of nitrogens with zero attached hydrogens (tertiary/aromatic N) is 2. The number of carbonyl (C=O) groups excluding carboxylic acids is 1. The van der Waals surface area contributed by atoms with Gasteiger partial charge in [0.1, 0.15) is 6.61 Å². The van der Waals surface area contributed by atoms with E-state index in [1.165, 1.54) is 5.56 Å². The Morgan fingerprint density at radius 2 is 1.89 bits per heavy atom. The van der Waals surface area contributed by atoms with Crippen LogP contribution in [0, 0.1) is 6.92 Å². The number of carboxylic acid groups (broad SMARTS) is 1. The molecule has 0 unspecified atom stereocenters. The molecule has 0 spiro atoms. The van der Waals surface area contributed by atoms with Crippen LogP contribution in [-0.2, 0) is 28.9 Å². The lowest BCUT2D eigenvalue weighted by atomic mass is 9.84. The Bertz CT molecular complexity index is 1270. The molecular formula is C29H30N2O5. The SMILES string of the molecule is Cc1cc2ncc1[C@@H](CC(=O)O)c1ccc3c(c1)CN(CC3)C(=O)c1ccc(cc1)CCOCCO2. The van der Waals surface area contributed by atoms with E-state index in [4.69, 9.17) is 9.47 Å². The first kappa shape index (κ1) is 24.0. The van der Waals surface area contributed by atoms with Crippen LogP contribution in [0.3, 0.4) is 0 Å². The number of aromatic nitrogens is 1. The molecule has 1 atom stereocenters. The van der Waals surface area contributed by atoms with Crippen LogP contribution in [0.15, 0.2) is 54.7 Å². The molecule has 8 rings (SSSR count). The summed E-state index contributed by atoms with van der Waals surface area (Å²) in [6.07, 6.45) is 3.20. The third-order valence-electron chi connectivity index (χ3n) is 7.03. The van der Waals surface area contributed by atoms with Crippen molar-refractivity contribution in [2.24, 2.45) is 0 Å². The summed E-state index contributed by atoms with van der Waals surface area (Å²) in [4.78, 5) is 31.4. The van der Waals surface area contributed by atoms with E-state index in [0.717, 1.165) is 40.7 Å². The third kappa shape index (κ3) is 5.26. The van der Waals surface area contributed by atoms with Gasteiger partial charge in [0.15, 0.2) is 0 Å². The van der Waals surface area contributed by atoms with Crippen molar-refractivity contribution in [3.8, 4) is 5.88 Å². The second kappa shape index (κ2) is 10.5. The Kier molecular flexibility index (Phi) is 7.00. The Morgan fingerprint density at radius 3 is 2.67 bits per heavy atom. The van der Waals surface area contributed by atoms with Crippen molar-refractivity contribution in [3.05, 3.63) is 93.7 Å². The number of pyridine rings is 1. The van der Waals surface area contributed by atoms with Crippen molar-refractivity contribution in [2.45, 2.75) is 38.6 Å². The molecule has 1 N–H and O–H groups in total. The van der Waals surface area contributed by atoms with Gasteiger partial charge in [0, 0.05) is 36.8 Å². The van der Waals surface area contributed by atoms with Crippen LogP contribution in [0.2, 0.25) is 0 Å². The lowest BCUT2D eigenvalue weighted by molar-refractivity contribution is -0.137. The molecule has 36 heavy (non-hydrogen) atoms. The molecule has 0 saturated carbocycles. The Balaban J connectivity index is 1.52. The van der Waals surface area contributed by atoms with Crippen molar-refractivity contribution in [3.63, 3.8) is 0 Å². The van der Waals surface area contributed by atoms with Crippen molar-refractivity contribution >= 4 is 11.9 Å². The van der Waals surface area contributed by atoms with Gasteiger partial charge in [-0.2, -0.15) is 0 Å². The average Bonchev–Trinajstić information content (AvgIpc) is 2.88. The van der Waals surface area contributed by atoms with E-state index in [2.05, 4.69) is 17.1 Å². The van der Waals surface area contributed by atoms with Crippen LogP contribution in [0.25, 0.3) is 0 Å². The van der Waals surface area contributed by atoms with Crippen LogP contribution in [-0.4, -0.2) is 53.2 Å². The summed E-state index contributed by atoms with van der Waals surface area (Å²) in [6.45, 7) is 4.48. The molecule has 7 bridgehead atoms. The summed E-state index contributed by atoms with van der Waals surface area (Å²) >= 11 is 0. The van der Waals surface area contributed by atoms with Gasteiger partial charge in [-0.05, 0) is 65.3 Å². The quantitative estimate of drug-likeness (QED) is 0.586. The van der Waals surface area contributed by atoms with E-state index >= 15 is 0 Å². The fourth-order valence-corrected chi connectivity index (χ4v) is 5.03. The molecule has 0 fully saturated rings. The summed E-state index contributed by atoms with van der Waals surface area (Å²) in [7, 11) is 0. The predicted octanol–water partition coefficient (Wildman–Crippen LogP) is 4.15. The molecular weight excluding hydrogens is 456 g/mol. The summed E-state index contributed by atoms with van der Waals surface area (Å²) in [5, 5.41) is 9.69. The van der Waals surface area contributed by atoms with Crippen LogP contribution < -0.4 is 4.74 Å². The minimum absolute atomic E-state index is 0.00890.